The van der Waals surface area contributed by atoms with Crippen LogP contribution in [0, 0.1) is 6.92 Å². The number of hydrogen-bond donors (Lipinski definition) is 2. The Balaban J connectivity index is 1.91. The van der Waals surface area contributed by atoms with Gasteiger partial charge in [0.25, 0.3) is 5.91 Å². The van der Waals surface area contributed by atoms with Crippen molar-refractivity contribution in [3.63, 3.8) is 0 Å². The Bertz CT molecular complexity index is 737. The molecule has 2 amide bonds. The average molecular weight is 323 g/mol. The summed E-state index contributed by atoms with van der Waals surface area (Å²) in [5.74, 6) is -0.331. The highest BCUT2D eigenvalue weighted by atomic mass is 16.2. The molecule has 0 atom stereocenters. The lowest BCUT2D eigenvalue weighted by Gasteiger charge is -2.05. The van der Waals surface area contributed by atoms with E-state index in [1.807, 2.05) is 38.1 Å². The molecule has 0 fully saturated rings. The van der Waals surface area contributed by atoms with Gasteiger partial charge in [0.1, 0.15) is 0 Å². The van der Waals surface area contributed by atoms with Crippen molar-refractivity contribution >= 4 is 23.7 Å². The predicted octanol–water partition coefficient (Wildman–Crippen LogP) is 3.50. The zero-order valence-corrected chi connectivity index (χ0v) is 13.9. The van der Waals surface area contributed by atoms with Crippen LogP contribution in [0.4, 0.5) is 5.69 Å². The summed E-state index contributed by atoms with van der Waals surface area (Å²) in [6, 6.07) is 14.5. The normalized spacial score (nSPS) is 10.6. The molecule has 0 aromatic heterocycles. The molecule has 2 aromatic rings. The number of amides is 2. The van der Waals surface area contributed by atoms with Crippen LogP contribution in [0.5, 0.6) is 0 Å². The van der Waals surface area contributed by atoms with Crippen molar-refractivity contribution in [2.24, 2.45) is 5.10 Å². The highest BCUT2D eigenvalue weighted by Gasteiger charge is 2.05. The lowest BCUT2D eigenvalue weighted by Crippen LogP contribution is -2.17. The number of hydrogen-bond acceptors (Lipinski definition) is 3. The molecular weight excluding hydrogens is 302 g/mol. The standard InChI is InChI=1S/C19H21N3O2/c1-3-5-18(23)21-17-10-8-16(9-11-17)19(24)22-20-13-15-7-4-6-14(2)12-15/h4,6-13H,3,5H2,1-2H3,(H,21,23)(H,22,24)/b20-13+. The van der Waals surface area contributed by atoms with Crippen molar-refractivity contribution < 1.29 is 9.59 Å². The molecule has 124 valence electrons. The molecule has 5 heteroatoms. The Labute approximate surface area is 141 Å². The maximum atomic E-state index is 12.0. The highest BCUT2D eigenvalue weighted by Crippen LogP contribution is 2.10. The van der Waals surface area contributed by atoms with Crippen LogP contribution in [-0.4, -0.2) is 18.0 Å². The first kappa shape index (κ1) is 17.4. The van der Waals surface area contributed by atoms with E-state index in [2.05, 4.69) is 15.8 Å². The Morgan fingerprint density at radius 3 is 2.54 bits per heavy atom. The monoisotopic (exact) mass is 323 g/mol. The molecule has 2 aromatic carbocycles. The lowest BCUT2D eigenvalue weighted by atomic mass is 10.2. The summed E-state index contributed by atoms with van der Waals surface area (Å²) in [5.41, 5.74) is 5.69. The Morgan fingerprint density at radius 1 is 1.12 bits per heavy atom. The smallest absolute Gasteiger partial charge is 0.271 e. The van der Waals surface area contributed by atoms with E-state index in [4.69, 9.17) is 0 Å². The summed E-state index contributed by atoms with van der Waals surface area (Å²) in [5, 5.41) is 6.74. The first-order chi connectivity index (χ1) is 11.6. The molecule has 0 saturated heterocycles. The minimum absolute atomic E-state index is 0.0301. The SMILES string of the molecule is CCCC(=O)Nc1ccc(C(=O)N/N=C/c2cccc(C)c2)cc1. The Morgan fingerprint density at radius 2 is 1.88 bits per heavy atom. The fourth-order valence-corrected chi connectivity index (χ4v) is 2.14. The third kappa shape index (κ3) is 5.35. The van der Waals surface area contributed by atoms with Gasteiger partial charge in [-0.25, -0.2) is 5.43 Å². The number of carbonyl (C=O) groups excluding carboxylic acids is 2. The highest BCUT2D eigenvalue weighted by molar-refractivity contribution is 5.96. The summed E-state index contributed by atoms with van der Waals surface area (Å²) in [4.78, 5) is 23.5. The second-order valence-corrected chi connectivity index (χ2v) is 5.49. The van der Waals surface area contributed by atoms with Gasteiger partial charge in [0.15, 0.2) is 0 Å². The van der Waals surface area contributed by atoms with Crippen molar-refractivity contribution in [1.29, 1.82) is 0 Å². The molecule has 2 N–H and O–H groups in total. The molecule has 0 aliphatic rings. The molecule has 0 heterocycles. The second-order valence-electron chi connectivity index (χ2n) is 5.49. The molecular formula is C19H21N3O2. The van der Waals surface area contributed by atoms with Crippen LogP contribution in [0.2, 0.25) is 0 Å². The minimum Gasteiger partial charge on any atom is -0.326 e. The first-order valence-electron chi connectivity index (χ1n) is 7.88. The van der Waals surface area contributed by atoms with Gasteiger partial charge in [-0.3, -0.25) is 9.59 Å². The fraction of sp³-hybridized carbons (Fsp3) is 0.211. The van der Waals surface area contributed by atoms with Gasteiger partial charge < -0.3 is 5.32 Å². The van der Waals surface area contributed by atoms with Gasteiger partial charge in [0.05, 0.1) is 6.21 Å². The van der Waals surface area contributed by atoms with E-state index >= 15 is 0 Å². The summed E-state index contributed by atoms with van der Waals surface area (Å²) in [7, 11) is 0. The third-order valence-corrected chi connectivity index (χ3v) is 3.33. The van der Waals surface area contributed by atoms with E-state index in [-0.39, 0.29) is 11.8 Å². The van der Waals surface area contributed by atoms with E-state index in [1.165, 1.54) is 0 Å². The van der Waals surface area contributed by atoms with Crippen molar-refractivity contribution in [1.82, 2.24) is 5.43 Å². The molecule has 0 bridgehead atoms. The Kier molecular flexibility index (Phi) is 6.25. The average Bonchev–Trinajstić information content (AvgIpc) is 2.55. The number of anilines is 1. The van der Waals surface area contributed by atoms with Crippen LogP contribution < -0.4 is 10.7 Å². The number of nitrogens with zero attached hydrogens (tertiary/aromatic N) is 1. The van der Waals surface area contributed by atoms with Crippen LogP contribution in [0.15, 0.2) is 53.6 Å². The van der Waals surface area contributed by atoms with Crippen LogP contribution in [0.3, 0.4) is 0 Å². The number of nitrogens with one attached hydrogen (secondary N) is 2. The summed E-state index contributed by atoms with van der Waals surface area (Å²) in [6.45, 7) is 3.95. The van der Waals surface area contributed by atoms with E-state index in [9.17, 15) is 9.59 Å². The maximum Gasteiger partial charge on any atom is 0.271 e. The molecule has 0 radical (unpaired) electrons. The van der Waals surface area contributed by atoms with E-state index in [0.717, 1.165) is 17.5 Å². The van der Waals surface area contributed by atoms with Gasteiger partial charge >= 0.3 is 0 Å². The third-order valence-electron chi connectivity index (χ3n) is 3.33. The van der Waals surface area contributed by atoms with Gasteiger partial charge in [-0.2, -0.15) is 5.10 Å². The van der Waals surface area contributed by atoms with Crippen LogP contribution in [0.25, 0.3) is 0 Å². The van der Waals surface area contributed by atoms with Gasteiger partial charge in [0.2, 0.25) is 5.91 Å². The topological polar surface area (TPSA) is 70.6 Å². The van der Waals surface area contributed by atoms with Crippen LogP contribution in [0.1, 0.15) is 41.3 Å². The minimum atomic E-state index is -0.301. The summed E-state index contributed by atoms with van der Waals surface area (Å²) >= 11 is 0. The Hall–Kier alpha value is -2.95. The zero-order chi connectivity index (χ0) is 17.4. The number of rotatable bonds is 6. The zero-order valence-electron chi connectivity index (χ0n) is 13.9. The summed E-state index contributed by atoms with van der Waals surface area (Å²) in [6.07, 6.45) is 2.88. The maximum absolute atomic E-state index is 12.0. The molecule has 2 rings (SSSR count). The molecule has 0 aliphatic heterocycles. The van der Waals surface area contributed by atoms with Gasteiger partial charge in [-0.05, 0) is 43.2 Å². The van der Waals surface area contributed by atoms with E-state index < -0.39 is 0 Å². The molecule has 5 nitrogen and oxygen atoms in total. The number of aryl methyl sites for hydroxylation is 1. The van der Waals surface area contributed by atoms with E-state index in [1.54, 1.807) is 30.5 Å². The number of benzene rings is 2. The molecule has 0 aliphatic carbocycles. The van der Waals surface area contributed by atoms with Gasteiger partial charge in [-0.15, -0.1) is 0 Å². The quantitative estimate of drug-likeness (QED) is 0.631. The fourth-order valence-electron chi connectivity index (χ4n) is 2.14. The van der Waals surface area contributed by atoms with Crippen LogP contribution in [-0.2, 0) is 4.79 Å². The van der Waals surface area contributed by atoms with Crippen molar-refractivity contribution in [2.75, 3.05) is 5.32 Å². The van der Waals surface area contributed by atoms with Crippen molar-refractivity contribution in [3.05, 3.63) is 65.2 Å². The van der Waals surface area contributed by atoms with Crippen molar-refractivity contribution in [3.8, 4) is 0 Å². The number of hydrazone groups is 1. The molecule has 0 saturated carbocycles. The molecule has 24 heavy (non-hydrogen) atoms. The summed E-state index contributed by atoms with van der Waals surface area (Å²) < 4.78 is 0. The van der Waals surface area contributed by atoms with Crippen molar-refractivity contribution in [2.45, 2.75) is 26.7 Å². The molecule has 0 unspecified atom stereocenters. The second kappa shape index (κ2) is 8.62. The largest absolute Gasteiger partial charge is 0.326 e. The first-order valence-corrected chi connectivity index (χ1v) is 7.88. The van der Waals surface area contributed by atoms with Crippen LogP contribution >= 0.6 is 0 Å². The predicted molar refractivity (Wildman–Crippen MR) is 96.2 cm³/mol. The van der Waals surface area contributed by atoms with Gasteiger partial charge in [0, 0.05) is 17.7 Å². The number of carbonyl (C=O) groups is 2. The van der Waals surface area contributed by atoms with E-state index in [0.29, 0.717) is 17.7 Å². The molecule has 0 spiro atoms. The lowest BCUT2D eigenvalue weighted by molar-refractivity contribution is -0.116. The van der Waals surface area contributed by atoms with Gasteiger partial charge in [-0.1, -0.05) is 36.8 Å².